The van der Waals surface area contributed by atoms with Gasteiger partial charge in [-0.15, -0.1) is 11.3 Å². The number of hydrogen-bond acceptors (Lipinski definition) is 5. The maximum atomic E-state index is 12.4. The van der Waals surface area contributed by atoms with Gasteiger partial charge in [-0.05, 0) is 35.3 Å². The maximum absolute atomic E-state index is 12.4. The Morgan fingerprint density at radius 3 is 2.67 bits per heavy atom. The van der Waals surface area contributed by atoms with Crippen molar-refractivity contribution in [3.63, 3.8) is 0 Å². The Bertz CT molecular complexity index is 623. The number of hydrogen-bond donors (Lipinski definition) is 0. The molecule has 116 valence electrons. The van der Waals surface area contributed by atoms with Crippen LogP contribution in [0.15, 0.2) is 11.4 Å². The summed E-state index contributed by atoms with van der Waals surface area (Å²) in [6.07, 6.45) is 1.63. The van der Waals surface area contributed by atoms with Gasteiger partial charge in [0.2, 0.25) is 10.0 Å². The van der Waals surface area contributed by atoms with Crippen molar-refractivity contribution in [2.45, 2.75) is 25.5 Å². The van der Waals surface area contributed by atoms with Crippen molar-refractivity contribution in [2.24, 2.45) is 5.41 Å². The fourth-order valence-corrected chi connectivity index (χ4v) is 4.93. The minimum absolute atomic E-state index is 0.0217. The summed E-state index contributed by atoms with van der Waals surface area (Å²) in [6, 6.07) is 3.69. The number of sulfonamides is 1. The Balaban J connectivity index is 2.00. The van der Waals surface area contributed by atoms with Gasteiger partial charge in [-0.2, -0.15) is 5.26 Å². The van der Waals surface area contributed by atoms with Crippen LogP contribution < -0.4 is 0 Å². The van der Waals surface area contributed by atoms with Crippen molar-refractivity contribution in [3.8, 4) is 6.07 Å². The van der Waals surface area contributed by atoms with Crippen molar-refractivity contribution in [2.75, 3.05) is 26.8 Å². The zero-order chi connectivity index (χ0) is 15.5. The topological polar surface area (TPSA) is 70.4 Å². The van der Waals surface area contributed by atoms with Gasteiger partial charge in [0.05, 0.1) is 12.4 Å². The Labute approximate surface area is 130 Å². The third-order valence-electron chi connectivity index (χ3n) is 3.93. The van der Waals surface area contributed by atoms with Crippen LogP contribution in [0.25, 0.3) is 0 Å². The van der Waals surface area contributed by atoms with E-state index in [1.54, 1.807) is 22.9 Å². The summed E-state index contributed by atoms with van der Waals surface area (Å²) in [6.45, 7) is 3.88. The van der Waals surface area contributed by atoms with E-state index in [0.717, 1.165) is 12.8 Å². The quantitative estimate of drug-likeness (QED) is 0.831. The molecular formula is C14H20N2O3S2. The van der Waals surface area contributed by atoms with Crippen LogP contribution in [0.3, 0.4) is 0 Å². The molecule has 0 saturated carbocycles. The van der Waals surface area contributed by atoms with E-state index in [-0.39, 0.29) is 11.2 Å². The van der Waals surface area contributed by atoms with Gasteiger partial charge in [0.25, 0.3) is 0 Å². The summed E-state index contributed by atoms with van der Waals surface area (Å²) in [5, 5.41) is 10.5. The molecule has 2 rings (SSSR count). The second-order valence-corrected chi connectivity index (χ2v) is 8.71. The third-order valence-corrected chi connectivity index (χ3v) is 6.66. The summed E-state index contributed by atoms with van der Waals surface area (Å²) < 4.78 is 31.7. The van der Waals surface area contributed by atoms with E-state index < -0.39 is 10.0 Å². The molecular weight excluding hydrogens is 308 g/mol. The molecule has 1 saturated heterocycles. The van der Waals surface area contributed by atoms with Gasteiger partial charge in [-0.1, -0.05) is 6.92 Å². The van der Waals surface area contributed by atoms with Crippen LogP contribution >= 0.6 is 11.3 Å². The highest BCUT2D eigenvalue weighted by molar-refractivity contribution is 7.88. The molecule has 1 aliphatic heterocycles. The largest absolute Gasteiger partial charge is 0.384 e. The SMILES string of the molecule is COCC1(C)CCN(S(=O)(=O)Cc2csc(C#N)c2)CC1. The molecule has 5 nitrogen and oxygen atoms in total. The number of thiophene rings is 1. The Kier molecular flexibility index (Phi) is 5.04. The predicted octanol–water partition coefficient (Wildman–Crippen LogP) is 2.20. The van der Waals surface area contributed by atoms with Crippen LogP contribution in [0.5, 0.6) is 0 Å². The lowest BCUT2D eigenvalue weighted by Gasteiger charge is -2.38. The molecule has 0 amide bonds. The number of ether oxygens (including phenoxy) is 1. The molecule has 21 heavy (non-hydrogen) atoms. The lowest BCUT2D eigenvalue weighted by molar-refractivity contribution is 0.0530. The number of rotatable bonds is 5. The van der Waals surface area contributed by atoms with Crippen molar-refractivity contribution in [3.05, 3.63) is 21.9 Å². The minimum atomic E-state index is -3.31. The highest BCUT2D eigenvalue weighted by Crippen LogP contribution is 2.32. The first kappa shape index (κ1) is 16.4. The first-order valence-corrected chi connectivity index (χ1v) is 9.32. The van der Waals surface area contributed by atoms with E-state index in [1.807, 2.05) is 6.07 Å². The van der Waals surface area contributed by atoms with Gasteiger partial charge < -0.3 is 4.74 Å². The molecule has 0 N–H and O–H groups in total. The fraction of sp³-hybridized carbons (Fsp3) is 0.643. The monoisotopic (exact) mass is 328 g/mol. The van der Waals surface area contributed by atoms with Crippen LogP contribution in [0.2, 0.25) is 0 Å². The van der Waals surface area contributed by atoms with E-state index in [2.05, 4.69) is 6.92 Å². The van der Waals surface area contributed by atoms with Gasteiger partial charge in [0.1, 0.15) is 10.9 Å². The normalized spacial score (nSPS) is 19.3. The van der Waals surface area contributed by atoms with Crippen molar-refractivity contribution in [1.29, 1.82) is 5.26 Å². The van der Waals surface area contributed by atoms with Crippen molar-refractivity contribution in [1.82, 2.24) is 4.31 Å². The number of methoxy groups -OCH3 is 1. The molecule has 1 aromatic heterocycles. The van der Waals surface area contributed by atoms with Crippen LogP contribution in [0, 0.1) is 16.7 Å². The predicted molar refractivity (Wildman–Crippen MR) is 82.4 cm³/mol. The van der Waals surface area contributed by atoms with Crippen LogP contribution in [0.4, 0.5) is 0 Å². The molecule has 0 bridgehead atoms. The zero-order valence-electron chi connectivity index (χ0n) is 12.3. The number of nitrogens with zero attached hydrogens (tertiary/aromatic N) is 2. The van der Waals surface area contributed by atoms with E-state index in [0.29, 0.717) is 30.1 Å². The van der Waals surface area contributed by atoms with Crippen LogP contribution in [0.1, 0.15) is 30.2 Å². The first-order chi connectivity index (χ1) is 9.88. The molecule has 1 aromatic rings. The standard InChI is InChI=1S/C14H20N2O3S2/c1-14(11-19-2)3-5-16(6-4-14)21(17,18)10-12-7-13(8-15)20-9-12/h7,9H,3-6,10-11H2,1-2H3. The average molecular weight is 328 g/mol. The van der Waals surface area contributed by atoms with Gasteiger partial charge in [0, 0.05) is 20.2 Å². The molecule has 1 fully saturated rings. The van der Waals surface area contributed by atoms with E-state index >= 15 is 0 Å². The molecule has 0 aliphatic carbocycles. The third kappa shape index (κ3) is 4.04. The first-order valence-electron chi connectivity index (χ1n) is 6.83. The van der Waals surface area contributed by atoms with E-state index in [9.17, 15) is 8.42 Å². The lowest BCUT2D eigenvalue weighted by atomic mass is 9.82. The lowest BCUT2D eigenvalue weighted by Crippen LogP contribution is -2.44. The van der Waals surface area contributed by atoms with Gasteiger partial charge in [0.15, 0.2) is 0 Å². The Morgan fingerprint density at radius 1 is 1.48 bits per heavy atom. The Morgan fingerprint density at radius 2 is 2.14 bits per heavy atom. The summed E-state index contributed by atoms with van der Waals surface area (Å²) >= 11 is 1.28. The molecule has 0 aromatic carbocycles. The summed E-state index contributed by atoms with van der Waals surface area (Å²) in [4.78, 5) is 0.548. The van der Waals surface area contributed by atoms with Crippen molar-refractivity contribution >= 4 is 21.4 Å². The van der Waals surface area contributed by atoms with E-state index in [4.69, 9.17) is 10.00 Å². The zero-order valence-corrected chi connectivity index (χ0v) is 14.0. The highest BCUT2D eigenvalue weighted by Gasteiger charge is 2.34. The molecule has 7 heteroatoms. The second kappa shape index (κ2) is 6.44. The molecule has 0 atom stereocenters. The van der Waals surface area contributed by atoms with Crippen LogP contribution in [-0.4, -0.2) is 39.5 Å². The molecule has 0 unspecified atom stereocenters. The maximum Gasteiger partial charge on any atom is 0.218 e. The molecule has 0 spiro atoms. The second-order valence-electron chi connectivity index (χ2n) is 5.83. The van der Waals surface area contributed by atoms with Gasteiger partial charge >= 0.3 is 0 Å². The summed E-state index contributed by atoms with van der Waals surface area (Å²) in [5.74, 6) is -0.0217. The molecule has 0 radical (unpaired) electrons. The summed E-state index contributed by atoms with van der Waals surface area (Å²) in [7, 11) is -1.63. The van der Waals surface area contributed by atoms with Gasteiger partial charge in [-0.3, -0.25) is 0 Å². The average Bonchev–Trinajstić information content (AvgIpc) is 2.86. The van der Waals surface area contributed by atoms with E-state index in [1.165, 1.54) is 11.3 Å². The highest BCUT2D eigenvalue weighted by atomic mass is 32.2. The smallest absolute Gasteiger partial charge is 0.218 e. The fourth-order valence-electron chi connectivity index (χ4n) is 2.61. The number of piperidine rings is 1. The minimum Gasteiger partial charge on any atom is -0.384 e. The Hall–Kier alpha value is -0.940. The molecule has 1 aliphatic rings. The summed E-state index contributed by atoms with van der Waals surface area (Å²) in [5.41, 5.74) is 0.763. The number of nitriles is 1. The van der Waals surface area contributed by atoms with Crippen molar-refractivity contribution < 1.29 is 13.2 Å². The van der Waals surface area contributed by atoms with Crippen LogP contribution in [-0.2, 0) is 20.5 Å². The van der Waals surface area contributed by atoms with Gasteiger partial charge in [-0.25, -0.2) is 12.7 Å². The molecule has 2 heterocycles.